The molecule has 34 heavy (non-hydrogen) atoms. The number of benzene rings is 1. The molecule has 8 heteroatoms. The number of aromatic nitrogens is 3. The summed E-state index contributed by atoms with van der Waals surface area (Å²) < 4.78 is 11.2. The Morgan fingerprint density at radius 1 is 1.32 bits per heavy atom. The molecule has 2 aliphatic heterocycles. The number of para-hydroxylation sites is 1. The smallest absolute Gasteiger partial charge is 0.223 e. The van der Waals surface area contributed by atoms with Crippen molar-refractivity contribution in [2.45, 2.75) is 31.3 Å². The minimum atomic E-state index is 0.0550. The van der Waals surface area contributed by atoms with E-state index in [0.29, 0.717) is 24.4 Å². The molecule has 2 aromatic heterocycles. The van der Waals surface area contributed by atoms with Crippen molar-refractivity contribution in [3.63, 3.8) is 0 Å². The Labute approximate surface area is 200 Å². The molecule has 1 aromatic carbocycles. The number of ether oxygens (including phenoxy) is 2. The molecule has 4 heterocycles. The van der Waals surface area contributed by atoms with E-state index in [-0.39, 0.29) is 6.04 Å². The van der Waals surface area contributed by atoms with E-state index >= 15 is 0 Å². The fraction of sp³-hybridized carbons (Fsp3) is 0.500. The number of methoxy groups -OCH3 is 1. The van der Waals surface area contributed by atoms with Gasteiger partial charge in [-0.1, -0.05) is 18.2 Å². The maximum Gasteiger partial charge on any atom is 0.223 e. The van der Waals surface area contributed by atoms with E-state index in [4.69, 9.17) is 14.5 Å². The van der Waals surface area contributed by atoms with Crippen molar-refractivity contribution in [3.8, 4) is 17.1 Å². The van der Waals surface area contributed by atoms with Gasteiger partial charge in [0.15, 0.2) is 0 Å². The molecule has 1 N–H and O–H groups in total. The number of aldehydes is 1. The molecular formula is C26H33N5O3. The van der Waals surface area contributed by atoms with Crippen molar-refractivity contribution in [1.82, 2.24) is 24.8 Å². The third-order valence-corrected chi connectivity index (χ3v) is 7.27. The van der Waals surface area contributed by atoms with E-state index in [2.05, 4.69) is 32.9 Å². The first-order valence-corrected chi connectivity index (χ1v) is 12.1. The molecule has 8 nitrogen and oxygen atoms in total. The Bertz CT molecular complexity index is 1130. The number of likely N-dealkylation sites (tertiary alicyclic amines) is 1. The van der Waals surface area contributed by atoms with E-state index in [1.807, 2.05) is 30.5 Å². The summed E-state index contributed by atoms with van der Waals surface area (Å²) in [6, 6.07) is 10.6. The van der Waals surface area contributed by atoms with Crippen molar-refractivity contribution in [1.29, 1.82) is 0 Å². The van der Waals surface area contributed by atoms with Crippen LogP contribution in [-0.4, -0.2) is 84.1 Å². The van der Waals surface area contributed by atoms with Crippen LogP contribution in [0.3, 0.4) is 0 Å². The first-order chi connectivity index (χ1) is 16.7. The molecule has 3 atom stereocenters. The van der Waals surface area contributed by atoms with Gasteiger partial charge in [-0.05, 0) is 44.4 Å². The van der Waals surface area contributed by atoms with Gasteiger partial charge in [0.2, 0.25) is 5.88 Å². The largest absolute Gasteiger partial charge is 0.480 e. The molecule has 0 saturated carbocycles. The number of rotatable bonds is 8. The summed E-state index contributed by atoms with van der Waals surface area (Å²) in [4.78, 5) is 29.1. The molecule has 0 spiro atoms. The molecule has 1 unspecified atom stereocenters. The van der Waals surface area contributed by atoms with Gasteiger partial charge in [-0.15, -0.1) is 0 Å². The van der Waals surface area contributed by atoms with E-state index in [1.54, 1.807) is 7.11 Å². The normalized spacial score (nSPS) is 23.6. The third kappa shape index (κ3) is 4.71. The maximum absolute atomic E-state index is 11.4. The standard InChI is InChI=1S/C26H33N5O3/c1-30(16-18-8-12-34-17-18)20-7-9-31(10-11-32)24(14-20)25-27-15-23(28-25)21-13-19-5-3-4-6-22(19)29-26(21)33-2/h3-6,11,13,15,18,20,24H,7-10,12,14,16-17H2,1-2H3,(H,27,28)/t18?,20-,24+/m1/s1. The highest BCUT2D eigenvalue weighted by Crippen LogP contribution is 2.35. The third-order valence-electron chi connectivity index (χ3n) is 7.27. The number of carbonyl (C=O) groups is 1. The van der Waals surface area contributed by atoms with Crippen molar-refractivity contribution < 1.29 is 14.3 Å². The number of imidazole rings is 1. The quantitative estimate of drug-likeness (QED) is 0.513. The molecule has 180 valence electrons. The molecule has 0 amide bonds. The van der Waals surface area contributed by atoms with Crippen LogP contribution in [0.1, 0.15) is 31.1 Å². The lowest BCUT2D eigenvalue weighted by atomic mass is 9.94. The van der Waals surface area contributed by atoms with Gasteiger partial charge < -0.3 is 24.2 Å². The summed E-state index contributed by atoms with van der Waals surface area (Å²) in [6.07, 6.45) is 5.96. The van der Waals surface area contributed by atoms with Gasteiger partial charge in [-0.3, -0.25) is 4.90 Å². The van der Waals surface area contributed by atoms with Crippen LogP contribution in [0.25, 0.3) is 22.2 Å². The zero-order chi connectivity index (χ0) is 23.5. The van der Waals surface area contributed by atoms with Crippen LogP contribution >= 0.6 is 0 Å². The maximum atomic E-state index is 11.4. The second-order valence-corrected chi connectivity index (χ2v) is 9.44. The van der Waals surface area contributed by atoms with Crippen molar-refractivity contribution in [3.05, 3.63) is 42.4 Å². The van der Waals surface area contributed by atoms with E-state index in [0.717, 1.165) is 79.8 Å². The monoisotopic (exact) mass is 463 g/mol. The molecule has 5 rings (SSSR count). The number of pyridine rings is 1. The summed E-state index contributed by atoms with van der Waals surface area (Å²) in [5, 5.41) is 1.05. The Morgan fingerprint density at radius 2 is 2.21 bits per heavy atom. The van der Waals surface area contributed by atoms with Crippen molar-refractivity contribution >= 4 is 17.2 Å². The SMILES string of the molecule is COc1nc2ccccc2cc1-c1cnc([C@@H]2C[C@H](N(C)CC3CCOC3)CCN2CC=O)[nH]1. The summed E-state index contributed by atoms with van der Waals surface area (Å²) in [5.74, 6) is 2.06. The molecule has 0 bridgehead atoms. The molecule has 2 saturated heterocycles. The highest BCUT2D eigenvalue weighted by molar-refractivity contribution is 5.85. The van der Waals surface area contributed by atoms with Crippen molar-refractivity contribution in [2.75, 3.05) is 47.0 Å². The molecule has 2 aliphatic rings. The molecule has 0 aliphatic carbocycles. The zero-order valence-electron chi connectivity index (χ0n) is 19.9. The summed E-state index contributed by atoms with van der Waals surface area (Å²) in [6.45, 7) is 4.07. The van der Waals surface area contributed by atoms with Gasteiger partial charge in [0, 0.05) is 31.1 Å². The number of piperidine rings is 1. The molecule has 2 fully saturated rings. The van der Waals surface area contributed by atoms with Gasteiger partial charge in [-0.2, -0.15) is 0 Å². The second-order valence-electron chi connectivity index (χ2n) is 9.44. The number of nitrogens with zero attached hydrogens (tertiary/aromatic N) is 4. The Kier molecular flexibility index (Phi) is 6.89. The van der Waals surface area contributed by atoms with Gasteiger partial charge in [0.05, 0.1) is 49.3 Å². The van der Waals surface area contributed by atoms with Crippen LogP contribution in [0.5, 0.6) is 5.88 Å². The summed E-state index contributed by atoms with van der Waals surface area (Å²) >= 11 is 0. The molecule has 0 radical (unpaired) electrons. The van der Waals surface area contributed by atoms with Gasteiger partial charge >= 0.3 is 0 Å². The predicted molar refractivity (Wildman–Crippen MR) is 131 cm³/mol. The summed E-state index contributed by atoms with van der Waals surface area (Å²) in [5.41, 5.74) is 2.65. The van der Waals surface area contributed by atoms with Crippen LogP contribution in [0.2, 0.25) is 0 Å². The van der Waals surface area contributed by atoms with E-state index in [1.165, 1.54) is 0 Å². The van der Waals surface area contributed by atoms with Crippen molar-refractivity contribution in [2.24, 2.45) is 5.92 Å². The number of aromatic amines is 1. The number of carbonyl (C=O) groups excluding carboxylic acids is 1. The Morgan fingerprint density at radius 3 is 3.00 bits per heavy atom. The molecular weight excluding hydrogens is 430 g/mol. The Balaban J connectivity index is 1.40. The number of hydrogen-bond acceptors (Lipinski definition) is 7. The minimum absolute atomic E-state index is 0.0550. The highest BCUT2D eigenvalue weighted by atomic mass is 16.5. The van der Waals surface area contributed by atoms with Crippen LogP contribution in [-0.2, 0) is 9.53 Å². The first-order valence-electron chi connectivity index (χ1n) is 12.1. The fourth-order valence-corrected chi connectivity index (χ4v) is 5.37. The zero-order valence-corrected chi connectivity index (χ0v) is 19.9. The van der Waals surface area contributed by atoms with Crippen LogP contribution in [0, 0.1) is 5.92 Å². The predicted octanol–water partition coefficient (Wildman–Crippen LogP) is 3.31. The van der Waals surface area contributed by atoms with Gasteiger partial charge in [0.1, 0.15) is 12.1 Å². The lowest BCUT2D eigenvalue weighted by Gasteiger charge is -2.41. The lowest BCUT2D eigenvalue weighted by Crippen LogP contribution is -2.47. The highest BCUT2D eigenvalue weighted by Gasteiger charge is 2.34. The number of H-pyrrole nitrogens is 1. The average molecular weight is 464 g/mol. The average Bonchev–Trinajstić information content (AvgIpc) is 3.56. The number of nitrogens with one attached hydrogen (secondary N) is 1. The van der Waals surface area contributed by atoms with Gasteiger partial charge in [0.25, 0.3) is 0 Å². The fourth-order valence-electron chi connectivity index (χ4n) is 5.37. The lowest BCUT2D eigenvalue weighted by molar-refractivity contribution is -0.110. The van der Waals surface area contributed by atoms with E-state index in [9.17, 15) is 4.79 Å². The minimum Gasteiger partial charge on any atom is -0.480 e. The van der Waals surface area contributed by atoms with E-state index < -0.39 is 0 Å². The topological polar surface area (TPSA) is 83.6 Å². The number of fused-ring (bicyclic) bond motifs is 1. The number of hydrogen-bond donors (Lipinski definition) is 1. The first kappa shape index (κ1) is 23.0. The summed E-state index contributed by atoms with van der Waals surface area (Å²) in [7, 11) is 3.86. The Hall–Kier alpha value is -2.81. The van der Waals surface area contributed by atoms with Crippen LogP contribution in [0.4, 0.5) is 0 Å². The van der Waals surface area contributed by atoms with Crippen LogP contribution in [0.15, 0.2) is 36.5 Å². The second kappa shape index (κ2) is 10.2. The van der Waals surface area contributed by atoms with Gasteiger partial charge in [-0.25, -0.2) is 9.97 Å². The molecule has 3 aromatic rings. The van der Waals surface area contributed by atoms with Crippen LogP contribution < -0.4 is 4.74 Å².